The van der Waals surface area contributed by atoms with Crippen LogP contribution in [0.15, 0.2) is 48.5 Å². The van der Waals surface area contributed by atoms with Crippen molar-refractivity contribution in [2.75, 3.05) is 44.4 Å². The van der Waals surface area contributed by atoms with Crippen molar-refractivity contribution in [1.29, 1.82) is 0 Å². The molecule has 26 heavy (non-hydrogen) atoms. The zero-order chi connectivity index (χ0) is 17.6. The third kappa shape index (κ3) is 4.57. The molecule has 0 saturated carbocycles. The summed E-state index contributed by atoms with van der Waals surface area (Å²) in [4.78, 5) is 2.39. The van der Waals surface area contributed by atoms with Crippen LogP contribution in [0.25, 0.3) is 0 Å². The molecule has 4 nitrogen and oxygen atoms in total. The van der Waals surface area contributed by atoms with E-state index in [-0.39, 0.29) is 0 Å². The van der Waals surface area contributed by atoms with Gasteiger partial charge in [0.2, 0.25) is 0 Å². The molecule has 0 amide bonds. The number of rotatable bonds is 6. The van der Waals surface area contributed by atoms with Gasteiger partial charge in [-0.1, -0.05) is 24.3 Å². The summed E-state index contributed by atoms with van der Waals surface area (Å²) in [5, 5.41) is 3.46. The molecule has 0 spiro atoms. The Hall–Kier alpha value is -2.04. The van der Waals surface area contributed by atoms with Crippen LogP contribution < -0.4 is 15.0 Å². The fourth-order valence-electron chi connectivity index (χ4n) is 3.68. The minimum absolute atomic E-state index is 0.514. The lowest BCUT2D eigenvalue weighted by molar-refractivity contribution is 0.122. The van der Waals surface area contributed by atoms with E-state index >= 15 is 0 Å². The normalized spacial score (nSPS) is 20.3. The monoisotopic (exact) mass is 352 g/mol. The van der Waals surface area contributed by atoms with Gasteiger partial charge in [0.05, 0.1) is 13.2 Å². The summed E-state index contributed by atoms with van der Waals surface area (Å²) in [6.45, 7) is 5.51. The third-order valence-electron chi connectivity index (χ3n) is 5.26. The van der Waals surface area contributed by atoms with Gasteiger partial charge in [-0.2, -0.15) is 0 Å². The highest BCUT2D eigenvalue weighted by atomic mass is 16.5. The molecule has 2 aliphatic heterocycles. The van der Waals surface area contributed by atoms with E-state index in [1.54, 1.807) is 0 Å². The molecule has 0 aromatic heterocycles. The summed E-state index contributed by atoms with van der Waals surface area (Å²) in [7, 11) is 0. The first-order chi connectivity index (χ1) is 12.9. The largest absolute Gasteiger partial charge is 0.492 e. The van der Waals surface area contributed by atoms with Crippen molar-refractivity contribution in [1.82, 2.24) is 5.32 Å². The van der Waals surface area contributed by atoms with Gasteiger partial charge in [0, 0.05) is 24.8 Å². The van der Waals surface area contributed by atoms with Crippen molar-refractivity contribution in [2.45, 2.75) is 25.3 Å². The second kappa shape index (κ2) is 8.56. The highest BCUT2D eigenvalue weighted by Gasteiger charge is 2.14. The second-order valence-corrected chi connectivity index (χ2v) is 7.19. The van der Waals surface area contributed by atoms with Gasteiger partial charge in [-0.25, -0.2) is 0 Å². The standard InChI is InChI=1S/C22H28N2O2/c1-2-20(23-11-1)17-26-22-9-5-19(6-10-22)16-18-3-7-21(8-4-18)24-12-14-25-15-13-24/h3-10,20,23H,1-2,11-17H2. The van der Waals surface area contributed by atoms with Gasteiger partial charge in [0.1, 0.15) is 12.4 Å². The first-order valence-electron chi connectivity index (χ1n) is 9.73. The lowest BCUT2D eigenvalue weighted by Crippen LogP contribution is -2.36. The minimum atomic E-state index is 0.514. The molecule has 1 unspecified atom stereocenters. The molecule has 0 radical (unpaired) electrons. The number of hydrogen-bond acceptors (Lipinski definition) is 4. The molecule has 0 aliphatic carbocycles. The molecule has 2 heterocycles. The van der Waals surface area contributed by atoms with Crippen molar-refractivity contribution in [3.05, 3.63) is 59.7 Å². The maximum atomic E-state index is 5.90. The van der Waals surface area contributed by atoms with Crippen LogP contribution in [0.2, 0.25) is 0 Å². The van der Waals surface area contributed by atoms with Crippen molar-refractivity contribution < 1.29 is 9.47 Å². The van der Waals surface area contributed by atoms with Crippen LogP contribution in [-0.2, 0) is 11.2 Å². The van der Waals surface area contributed by atoms with Crippen molar-refractivity contribution in [2.24, 2.45) is 0 Å². The maximum absolute atomic E-state index is 5.90. The molecule has 4 rings (SSSR count). The summed E-state index contributed by atoms with van der Waals surface area (Å²) in [6.07, 6.45) is 3.43. The van der Waals surface area contributed by atoms with Gasteiger partial charge in [-0.15, -0.1) is 0 Å². The van der Waals surface area contributed by atoms with Gasteiger partial charge in [0.25, 0.3) is 0 Å². The lowest BCUT2D eigenvalue weighted by Gasteiger charge is -2.28. The Morgan fingerprint density at radius 1 is 0.962 bits per heavy atom. The SMILES string of the molecule is c1cc(OCC2CCCN2)ccc1Cc1ccc(N2CCOCC2)cc1. The minimum Gasteiger partial charge on any atom is -0.492 e. The number of ether oxygens (including phenoxy) is 2. The number of nitrogens with one attached hydrogen (secondary N) is 1. The van der Waals surface area contributed by atoms with Crippen molar-refractivity contribution >= 4 is 5.69 Å². The van der Waals surface area contributed by atoms with Crippen LogP contribution in [0.5, 0.6) is 5.75 Å². The highest BCUT2D eigenvalue weighted by Crippen LogP contribution is 2.20. The van der Waals surface area contributed by atoms with E-state index in [4.69, 9.17) is 9.47 Å². The van der Waals surface area contributed by atoms with E-state index in [2.05, 4.69) is 58.7 Å². The first-order valence-corrected chi connectivity index (χ1v) is 9.73. The van der Waals surface area contributed by atoms with E-state index in [9.17, 15) is 0 Å². The Kier molecular flexibility index (Phi) is 5.72. The fraction of sp³-hybridized carbons (Fsp3) is 0.455. The van der Waals surface area contributed by atoms with E-state index in [1.807, 2.05) is 0 Å². The average molecular weight is 352 g/mol. The predicted octanol–water partition coefficient (Wildman–Crippen LogP) is 3.24. The van der Waals surface area contributed by atoms with Crippen LogP contribution >= 0.6 is 0 Å². The van der Waals surface area contributed by atoms with Gasteiger partial charge < -0.3 is 19.7 Å². The molecule has 0 bridgehead atoms. The van der Waals surface area contributed by atoms with E-state index < -0.39 is 0 Å². The smallest absolute Gasteiger partial charge is 0.119 e. The molecule has 1 N–H and O–H groups in total. The topological polar surface area (TPSA) is 33.7 Å². The second-order valence-electron chi connectivity index (χ2n) is 7.19. The summed E-state index contributed by atoms with van der Waals surface area (Å²) in [5.74, 6) is 0.963. The van der Waals surface area contributed by atoms with Crippen LogP contribution in [0.3, 0.4) is 0 Å². The van der Waals surface area contributed by atoms with E-state index in [0.717, 1.165) is 51.6 Å². The molecule has 2 saturated heterocycles. The average Bonchev–Trinajstić information content (AvgIpc) is 3.22. The summed E-state index contributed by atoms with van der Waals surface area (Å²) in [6, 6.07) is 18.0. The zero-order valence-corrected chi connectivity index (χ0v) is 15.3. The Morgan fingerprint density at radius 2 is 1.65 bits per heavy atom. The zero-order valence-electron chi connectivity index (χ0n) is 15.3. The summed E-state index contributed by atoms with van der Waals surface area (Å²) in [5.41, 5.74) is 3.95. The Labute approximate surface area is 156 Å². The van der Waals surface area contributed by atoms with E-state index in [1.165, 1.54) is 29.7 Å². The van der Waals surface area contributed by atoms with Gasteiger partial charge in [0.15, 0.2) is 0 Å². The Morgan fingerprint density at radius 3 is 2.31 bits per heavy atom. The number of anilines is 1. The Balaban J connectivity index is 1.30. The van der Waals surface area contributed by atoms with Gasteiger partial charge in [-0.3, -0.25) is 0 Å². The maximum Gasteiger partial charge on any atom is 0.119 e. The highest BCUT2D eigenvalue weighted by molar-refractivity contribution is 5.48. The molecule has 2 aromatic rings. The van der Waals surface area contributed by atoms with Crippen LogP contribution in [0.1, 0.15) is 24.0 Å². The molecule has 2 aromatic carbocycles. The number of morpholine rings is 1. The molecular weight excluding hydrogens is 324 g/mol. The summed E-state index contributed by atoms with van der Waals surface area (Å²) >= 11 is 0. The van der Waals surface area contributed by atoms with E-state index in [0.29, 0.717) is 6.04 Å². The van der Waals surface area contributed by atoms with Crippen LogP contribution in [0.4, 0.5) is 5.69 Å². The predicted molar refractivity (Wildman–Crippen MR) is 105 cm³/mol. The molecule has 2 fully saturated rings. The number of nitrogens with zero attached hydrogens (tertiary/aromatic N) is 1. The van der Waals surface area contributed by atoms with Gasteiger partial charge in [-0.05, 0) is 61.2 Å². The van der Waals surface area contributed by atoms with Crippen LogP contribution in [-0.4, -0.2) is 45.5 Å². The molecule has 138 valence electrons. The number of benzene rings is 2. The quantitative estimate of drug-likeness (QED) is 0.865. The van der Waals surface area contributed by atoms with Crippen molar-refractivity contribution in [3.8, 4) is 5.75 Å². The molecule has 2 aliphatic rings. The first kappa shape index (κ1) is 17.4. The van der Waals surface area contributed by atoms with Gasteiger partial charge >= 0.3 is 0 Å². The molecular formula is C22H28N2O2. The van der Waals surface area contributed by atoms with Crippen molar-refractivity contribution in [3.63, 3.8) is 0 Å². The fourth-order valence-corrected chi connectivity index (χ4v) is 3.68. The summed E-state index contributed by atoms with van der Waals surface area (Å²) < 4.78 is 11.3. The van der Waals surface area contributed by atoms with Crippen LogP contribution in [0, 0.1) is 0 Å². The molecule has 1 atom stereocenters. The number of hydrogen-bond donors (Lipinski definition) is 1. The lowest BCUT2D eigenvalue weighted by atomic mass is 10.0. The Bertz CT molecular complexity index is 672. The molecule has 4 heteroatoms. The third-order valence-corrected chi connectivity index (χ3v) is 5.26.